The van der Waals surface area contributed by atoms with E-state index in [0.717, 1.165) is 13.0 Å². The minimum absolute atomic E-state index is 0. The molecule has 0 bridgehead atoms. The summed E-state index contributed by atoms with van der Waals surface area (Å²) in [5.41, 5.74) is 4.07. The van der Waals surface area contributed by atoms with Gasteiger partial charge in [0, 0.05) is 24.1 Å². The van der Waals surface area contributed by atoms with Crippen LogP contribution in [0, 0.1) is 0 Å². The molecule has 21 heavy (non-hydrogen) atoms. The number of pyridine rings is 1. The molecule has 0 saturated heterocycles. The lowest BCUT2D eigenvalue weighted by atomic mass is 10.0. The maximum absolute atomic E-state index is 2.33. The lowest BCUT2D eigenvalue weighted by Crippen LogP contribution is -3.00. The highest BCUT2D eigenvalue weighted by Gasteiger charge is 2.22. The van der Waals surface area contributed by atoms with Gasteiger partial charge in [0.25, 0.3) is 0 Å². The van der Waals surface area contributed by atoms with Crippen LogP contribution in [0.25, 0.3) is 22.4 Å². The molecule has 1 aliphatic rings. The molecule has 2 heteroatoms. The second kappa shape index (κ2) is 5.82. The van der Waals surface area contributed by atoms with E-state index < -0.39 is 0 Å². The van der Waals surface area contributed by atoms with Crippen LogP contribution in [0.3, 0.4) is 0 Å². The highest BCUT2D eigenvalue weighted by molar-refractivity contribution is 5.87. The monoisotopic (exact) mass is 337 g/mol. The Morgan fingerprint density at radius 1 is 0.857 bits per heavy atom. The molecule has 0 saturated carbocycles. The van der Waals surface area contributed by atoms with E-state index in [9.17, 15) is 0 Å². The molecule has 0 N–H and O–H groups in total. The Kier molecular flexibility index (Phi) is 3.89. The van der Waals surface area contributed by atoms with Crippen LogP contribution < -0.4 is 21.5 Å². The van der Waals surface area contributed by atoms with Crippen LogP contribution in [0.4, 0.5) is 0 Å². The highest BCUT2D eigenvalue weighted by Crippen LogP contribution is 2.25. The Morgan fingerprint density at radius 3 is 2.57 bits per heavy atom. The third-order valence-corrected chi connectivity index (χ3v) is 4.01. The third-order valence-electron chi connectivity index (χ3n) is 4.01. The van der Waals surface area contributed by atoms with Gasteiger partial charge in [0.1, 0.15) is 0 Å². The number of nitrogens with zero attached hydrogens (tertiary/aromatic N) is 1. The smallest absolute Gasteiger partial charge is 0.208 e. The predicted molar refractivity (Wildman–Crippen MR) is 83.1 cm³/mol. The number of hydrogen-bond donors (Lipinski definition) is 0. The van der Waals surface area contributed by atoms with E-state index in [1.807, 2.05) is 0 Å². The van der Waals surface area contributed by atoms with Crippen LogP contribution >= 0.6 is 0 Å². The van der Waals surface area contributed by atoms with Gasteiger partial charge in [0.15, 0.2) is 12.7 Å². The minimum atomic E-state index is 0. The van der Waals surface area contributed by atoms with Gasteiger partial charge >= 0.3 is 0 Å². The zero-order chi connectivity index (χ0) is 13.4. The fraction of sp³-hybridized carbons (Fsp3) is 0.105. The van der Waals surface area contributed by atoms with Gasteiger partial charge in [0.2, 0.25) is 5.69 Å². The standard InChI is InChI=1S/C19H16N.BrH/c1-2-6-17-13-15(8-9-16(17)5-1)14-18-10-12-20-11-4-3-7-19(18)20;/h1-9,11,13-14H,10,12H2;1H/q+1;/p-1/b18-14+;. The zero-order valence-electron chi connectivity index (χ0n) is 11.7. The van der Waals surface area contributed by atoms with Crippen LogP contribution in [0.2, 0.25) is 0 Å². The number of aryl methyl sites for hydroxylation is 1. The molecule has 2 aromatic carbocycles. The Balaban J connectivity index is 0.00000132. The van der Waals surface area contributed by atoms with Crippen molar-refractivity contribution in [2.75, 3.05) is 0 Å². The Bertz CT molecular complexity index is 820. The summed E-state index contributed by atoms with van der Waals surface area (Å²) >= 11 is 0. The third kappa shape index (κ3) is 2.64. The van der Waals surface area contributed by atoms with Crippen molar-refractivity contribution in [3.63, 3.8) is 0 Å². The predicted octanol–water partition coefficient (Wildman–Crippen LogP) is 1.08. The Hall–Kier alpha value is -1.93. The molecular formula is C19H16BrN. The summed E-state index contributed by atoms with van der Waals surface area (Å²) in [6, 6.07) is 21.6. The Morgan fingerprint density at radius 2 is 1.67 bits per heavy atom. The fourth-order valence-corrected chi connectivity index (χ4v) is 2.98. The highest BCUT2D eigenvalue weighted by atomic mass is 79.9. The van der Waals surface area contributed by atoms with Crippen LogP contribution in [-0.4, -0.2) is 0 Å². The van der Waals surface area contributed by atoms with Crippen molar-refractivity contribution >= 4 is 22.4 Å². The summed E-state index contributed by atoms with van der Waals surface area (Å²) in [6.07, 6.45) is 5.61. The first-order chi connectivity index (χ1) is 9.90. The quantitative estimate of drug-likeness (QED) is 0.585. The zero-order valence-corrected chi connectivity index (χ0v) is 13.3. The fourth-order valence-electron chi connectivity index (χ4n) is 2.98. The van der Waals surface area contributed by atoms with Crippen LogP contribution in [0.5, 0.6) is 0 Å². The number of fused-ring (bicyclic) bond motifs is 2. The normalized spacial score (nSPS) is 15.0. The molecule has 0 radical (unpaired) electrons. The average molecular weight is 338 g/mol. The van der Waals surface area contributed by atoms with Crippen molar-refractivity contribution in [2.24, 2.45) is 0 Å². The van der Waals surface area contributed by atoms with Gasteiger partial charge in [0.05, 0.1) is 0 Å². The van der Waals surface area contributed by atoms with Crippen LogP contribution in [0.15, 0.2) is 66.9 Å². The van der Waals surface area contributed by atoms with Crippen molar-refractivity contribution in [3.8, 4) is 0 Å². The molecule has 3 aromatic rings. The van der Waals surface area contributed by atoms with Crippen molar-refractivity contribution in [3.05, 3.63) is 78.1 Å². The van der Waals surface area contributed by atoms with E-state index in [-0.39, 0.29) is 17.0 Å². The molecule has 0 spiro atoms. The lowest BCUT2D eigenvalue weighted by Gasteiger charge is -2.00. The number of rotatable bonds is 1. The topological polar surface area (TPSA) is 3.88 Å². The maximum atomic E-state index is 2.33. The summed E-state index contributed by atoms with van der Waals surface area (Å²) in [5.74, 6) is 0. The summed E-state index contributed by atoms with van der Waals surface area (Å²) in [4.78, 5) is 0. The molecule has 1 aromatic heterocycles. The largest absolute Gasteiger partial charge is 1.00 e. The summed E-state index contributed by atoms with van der Waals surface area (Å²) < 4.78 is 2.33. The van der Waals surface area contributed by atoms with Gasteiger partial charge in [-0.2, -0.15) is 4.57 Å². The van der Waals surface area contributed by atoms with Crippen molar-refractivity contribution in [1.82, 2.24) is 0 Å². The minimum Gasteiger partial charge on any atom is -1.00 e. The second-order valence-electron chi connectivity index (χ2n) is 5.31. The second-order valence-corrected chi connectivity index (χ2v) is 5.31. The van der Waals surface area contributed by atoms with Gasteiger partial charge in [-0.3, -0.25) is 0 Å². The van der Waals surface area contributed by atoms with E-state index in [1.165, 1.54) is 27.6 Å². The van der Waals surface area contributed by atoms with Gasteiger partial charge in [-0.15, -0.1) is 0 Å². The number of aromatic nitrogens is 1. The summed E-state index contributed by atoms with van der Waals surface area (Å²) in [6.45, 7) is 1.09. The van der Waals surface area contributed by atoms with Crippen LogP contribution in [-0.2, 0) is 6.54 Å². The molecule has 0 fully saturated rings. The van der Waals surface area contributed by atoms with E-state index >= 15 is 0 Å². The number of benzene rings is 2. The first-order valence-electron chi connectivity index (χ1n) is 7.08. The molecule has 2 heterocycles. The molecule has 0 unspecified atom stereocenters. The number of hydrogen-bond acceptors (Lipinski definition) is 0. The van der Waals surface area contributed by atoms with E-state index in [0.29, 0.717) is 0 Å². The molecule has 104 valence electrons. The van der Waals surface area contributed by atoms with E-state index in [1.54, 1.807) is 0 Å². The maximum Gasteiger partial charge on any atom is 0.208 e. The van der Waals surface area contributed by atoms with Gasteiger partial charge in [-0.1, -0.05) is 36.4 Å². The van der Waals surface area contributed by atoms with Crippen LogP contribution in [0.1, 0.15) is 17.7 Å². The molecule has 0 aliphatic carbocycles. The summed E-state index contributed by atoms with van der Waals surface area (Å²) in [7, 11) is 0. The van der Waals surface area contributed by atoms with E-state index in [4.69, 9.17) is 0 Å². The van der Waals surface area contributed by atoms with Gasteiger partial charge < -0.3 is 17.0 Å². The summed E-state index contributed by atoms with van der Waals surface area (Å²) in [5, 5.41) is 2.61. The van der Waals surface area contributed by atoms with Gasteiger partial charge in [-0.05, 0) is 34.5 Å². The number of allylic oxidation sites excluding steroid dienone is 1. The average Bonchev–Trinajstić information content (AvgIpc) is 2.91. The Labute approximate surface area is 135 Å². The lowest BCUT2D eigenvalue weighted by molar-refractivity contribution is -0.689. The molecule has 0 atom stereocenters. The molecule has 1 aliphatic heterocycles. The first kappa shape index (κ1) is 14.0. The molecule has 4 rings (SSSR count). The molecule has 1 nitrogen and oxygen atoms in total. The van der Waals surface area contributed by atoms with Crippen molar-refractivity contribution in [2.45, 2.75) is 13.0 Å². The van der Waals surface area contributed by atoms with Crippen molar-refractivity contribution in [1.29, 1.82) is 0 Å². The van der Waals surface area contributed by atoms with Crippen molar-refractivity contribution < 1.29 is 21.5 Å². The number of halogens is 1. The first-order valence-corrected chi connectivity index (χ1v) is 7.08. The molecular weight excluding hydrogens is 322 g/mol. The molecule has 0 amide bonds. The SMILES string of the molecule is C(=C1/CC[n+]2ccccc21)/c1ccc2ccccc2c1.[Br-]. The van der Waals surface area contributed by atoms with E-state index in [2.05, 4.69) is 77.5 Å². The van der Waals surface area contributed by atoms with Gasteiger partial charge in [-0.25, -0.2) is 0 Å².